The average Bonchev–Trinajstić information content (AvgIpc) is 3.07. The fourth-order valence-corrected chi connectivity index (χ4v) is 3.07. The zero-order valence-corrected chi connectivity index (χ0v) is 13.3. The van der Waals surface area contributed by atoms with Crippen LogP contribution in [-0.4, -0.2) is 21.7 Å². The number of aromatic nitrogens is 2. The molecule has 5 heteroatoms. The summed E-state index contributed by atoms with van der Waals surface area (Å²) >= 11 is 0. The van der Waals surface area contributed by atoms with E-state index in [0.29, 0.717) is 18.3 Å². The molecule has 0 saturated heterocycles. The van der Waals surface area contributed by atoms with Gasteiger partial charge in [0.2, 0.25) is 0 Å². The van der Waals surface area contributed by atoms with Crippen LogP contribution in [0, 0.1) is 13.8 Å². The average molecular weight is 301 g/mol. The highest BCUT2D eigenvalue weighted by molar-refractivity contribution is 5.91. The quantitative estimate of drug-likeness (QED) is 0.943. The van der Waals surface area contributed by atoms with Crippen LogP contribution in [0.15, 0.2) is 22.6 Å². The van der Waals surface area contributed by atoms with Gasteiger partial charge in [-0.3, -0.25) is 9.48 Å². The molecule has 2 aromatic rings. The number of furan rings is 1. The second-order valence-corrected chi connectivity index (χ2v) is 6.16. The van der Waals surface area contributed by atoms with Crippen LogP contribution in [0.3, 0.4) is 0 Å². The predicted octanol–water partition coefficient (Wildman–Crippen LogP) is 3.20. The van der Waals surface area contributed by atoms with Crippen LogP contribution < -0.4 is 5.32 Å². The van der Waals surface area contributed by atoms with Gasteiger partial charge in [-0.2, -0.15) is 5.10 Å². The van der Waals surface area contributed by atoms with Crippen LogP contribution in [0.5, 0.6) is 0 Å². The summed E-state index contributed by atoms with van der Waals surface area (Å²) in [6.45, 7) is 4.53. The molecule has 0 radical (unpaired) electrons. The Bertz CT molecular complexity index is 651. The molecule has 1 aliphatic carbocycles. The van der Waals surface area contributed by atoms with Crippen LogP contribution in [0.4, 0.5) is 0 Å². The van der Waals surface area contributed by atoms with Crippen LogP contribution in [0.2, 0.25) is 0 Å². The lowest BCUT2D eigenvalue weighted by Gasteiger charge is -2.22. The first-order chi connectivity index (χ1) is 10.6. The molecule has 0 aromatic carbocycles. The van der Waals surface area contributed by atoms with Crippen molar-refractivity contribution >= 4 is 5.91 Å². The molecular formula is C17H23N3O2. The lowest BCUT2D eigenvalue weighted by atomic mass is 9.95. The number of aryl methyl sites for hydroxylation is 2. The van der Waals surface area contributed by atoms with Gasteiger partial charge in [-0.25, -0.2) is 0 Å². The van der Waals surface area contributed by atoms with E-state index in [4.69, 9.17) is 4.42 Å². The summed E-state index contributed by atoms with van der Waals surface area (Å²) in [6.07, 6.45) is 5.83. The van der Waals surface area contributed by atoms with Crippen molar-refractivity contribution in [1.82, 2.24) is 15.1 Å². The Balaban J connectivity index is 1.62. The minimum absolute atomic E-state index is 0.105. The van der Waals surface area contributed by atoms with Crippen molar-refractivity contribution in [3.8, 4) is 0 Å². The second-order valence-electron chi connectivity index (χ2n) is 6.16. The third kappa shape index (κ3) is 3.40. The SMILES string of the molecule is Cc1cc(C)n(Cc2ccc(C(=O)NC3CCCCC3)o2)n1. The lowest BCUT2D eigenvalue weighted by molar-refractivity contribution is 0.0897. The number of carbonyl (C=O) groups is 1. The maximum atomic E-state index is 12.2. The van der Waals surface area contributed by atoms with Crippen molar-refractivity contribution in [2.45, 2.75) is 58.5 Å². The monoisotopic (exact) mass is 301 g/mol. The first-order valence-electron chi connectivity index (χ1n) is 8.02. The Labute approximate surface area is 130 Å². The van der Waals surface area contributed by atoms with E-state index in [1.165, 1.54) is 19.3 Å². The maximum Gasteiger partial charge on any atom is 0.287 e. The highest BCUT2D eigenvalue weighted by atomic mass is 16.4. The molecule has 0 spiro atoms. The molecule has 1 N–H and O–H groups in total. The largest absolute Gasteiger partial charge is 0.454 e. The molecule has 0 aliphatic heterocycles. The van der Waals surface area contributed by atoms with Gasteiger partial charge in [0.05, 0.1) is 12.2 Å². The van der Waals surface area contributed by atoms with E-state index in [1.54, 1.807) is 6.07 Å². The van der Waals surface area contributed by atoms with E-state index < -0.39 is 0 Å². The van der Waals surface area contributed by atoms with Gasteiger partial charge in [0.15, 0.2) is 5.76 Å². The van der Waals surface area contributed by atoms with Gasteiger partial charge in [0.25, 0.3) is 5.91 Å². The van der Waals surface area contributed by atoms with E-state index in [2.05, 4.69) is 10.4 Å². The number of nitrogens with one attached hydrogen (secondary N) is 1. The molecule has 5 nitrogen and oxygen atoms in total. The van der Waals surface area contributed by atoms with Gasteiger partial charge in [0.1, 0.15) is 5.76 Å². The third-order valence-corrected chi connectivity index (χ3v) is 4.23. The molecule has 3 rings (SSSR count). The fourth-order valence-electron chi connectivity index (χ4n) is 3.07. The van der Waals surface area contributed by atoms with Crippen LogP contribution >= 0.6 is 0 Å². The second kappa shape index (κ2) is 6.38. The number of hydrogen-bond donors (Lipinski definition) is 1. The third-order valence-electron chi connectivity index (χ3n) is 4.23. The van der Waals surface area contributed by atoms with E-state index >= 15 is 0 Å². The zero-order chi connectivity index (χ0) is 15.5. The molecule has 2 aromatic heterocycles. The highest BCUT2D eigenvalue weighted by Crippen LogP contribution is 2.18. The van der Waals surface area contributed by atoms with E-state index in [1.807, 2.05) is 30.7 Å². The Morgan fingerprint density at radius 1 is 1.32 bits per heavy atom. The van der Waals surface area contributed by atoms with Crippen LogP contribution in [0.25, 0.3) is 0 Å². The van der Waals surface area contributed by atoms with E-state index in [0.717, 1.165) is 30.0 Å². The van der Waals surface area contributed by atoms with Crippen LogP contribution in [0.1, 0.15) is 59.8 Å². The van der Waals surface area contributed by atoms with E-state index in [-0.39, 0.29) is 5.91 Å². The maximum absolute atomic E-state index is 12.2. The summed E-state index contributed by atoms with van der Waals surface area (Å²) in [4.78, 5) is 12.2. The summed E-state index contributed by atoms with van der Waals surface area (Å²) in [6, 6.07) is 5.93. The molecule has 1 fully saturated rings. The minimum Gasteiger partial charge on any atom is -0.454 e. The van der Waals surface area contributed by atoms with Crippen molar-refractivity contribution < 1.29 is 9.21 Å². The first-order valence-corrected chi connectivity index (χ1v) is 8.02. The molecule has 118 valence electrons. The molecule has 2 heterocycles. The molecular weight excluding hydrogens is 278 g/mol. The normalized spacial score (nSPS) is 15.9. The van der Waals surface area contributed by atoms with Gasteiger partial charge in [-0.05, 0) is 44.9 Å². The van der Waals surface area contributed by atoms with Crippen molar-refractivity contribution in [3.05, 3.63) is 41.1 Å². The van der Waals surface area contributed by atoms with Crippen molar-refractivity contribution in [2.75, 3.05) is 0 Å². The molecule has 1 amide bonds. The molecule has 0 unspecified atom stereocenters. The number of nitrogens with zero attached hydrogens (tertiary/aromatic N) is 2. The molecule has 0 atom stereocenters. The molecule has 0 bridgehead atoms. The van der Waals surface area contributed by atoms with Crippen LogP contribution in [-0.2, 0) is 6.54 Å². The summed E-state index contributed by atoms with van der Waals surface area (Å²) in [5.41, 5.74) is 2.07. The minimum atomic E-state index is -0.105. The molecule has 1 aliphatic rings. The van der Waals surface area contributed by atoms with Gasteiger partial charge in [-0.1, -0.05) is 19.3 Å². The molecule has 22 heavy (non-hydrogen) atoms. The van der Waals surface area contributed by atoms with Gasteiger partial charge in [0, 0.05) is 11.7 Å². The Kier molecular flexibility index (Phi) is 4.32. The number of hydrogen-bond acceptors (Lipinski definition) is 3. The summed E-state index contributed by atoms with van der Waals surface area (Å²) in [5.74, 6) is 1.04. The zero-order valence-electron chi connectivity index (χ0n) is 13.3. The number of rotatable bonds is 4. The number of carbonyl (C=O) groups excluding carboxylic acids is 1. The predicted molar refractivity (Wildman–Crippen MR) is 83.9 cm³/mol. The summed E-state index contributed by atoms with van der Waals surface area (Å²) in [7, 11) is 0. The summed E-state index contributed by atoms with van der Waals surface area (Å²) < 4.78 is 7.57. The Hall–Kier alpha value is -2.04. The van der Waals surface area contributed by atoms with Crippen molar-refractivity contribution in [3.63, 3.8) is 0 Å². The van der Waals surface area contributed by atoms with Gasteiger partial charge < -0.3 is 9.73 Å². The first kappa shape index (κ1) is 14.9. The highest BCUT2D eigenvalue weighted by Gasteiger charge is 2.19. The topological polar surface area (TPSA) is 60.1 Å². The smallest absolute Gasteiger partial charge is 0.287 e. The van der Waals surface area contributed by atoms with Gasteiger partial charge in [-0.15, -0.1) is 0 Å². The number of amides is 1. The lowest BCUT2D eigenvalue weighted by Crippen LogP contribution is -2.35. The van der Waals surface area contributed by atoms with E-state index in [9.17, 15) is 4.79 Å². The Morgan fingerprint density at radius 3 is 2.77 bits per heavy atom. The van der Waals surface area contributed by atoms with Crippen molar-refractivity contribution in [2.24, 2.45) is 0 Å². The standard InChI is InChI=1S/C17H23N3O2/c1-12-10-13(2)20(19-12)11-15-8-9-16(22-15)17(21)18-14-6-4-3-5-7-14/h8-10,14H,3-7,11H2,1-2H3,(H,18,21). The molecule has 1 saturated carbocycles. The fraction of sp³-hybridized carbons (Fsp3) is 0.529. The van der Waals surface area contributed by atoms with Crippen molar-refractivity contribution in [1.29, 1.82) is 0 Å². The Morgan fingerprint density at radius 2 is 2.09 bits per heavy atom. The summed E-state index contributed by atoms with van der Waals surface area (Å²) in [5, 5.41) is 7.48. The van der Waals surface area contributed by atoms with Gasteiger partial charge >= 0.3 is 0 Å².